The maximum atomic E-state index is 16.8. The summed E-state index contributed by atoms with van der Waals surface area (Å²) in [6.45, 7) is 4.67. The number of carboxylic acids is 1. The number of alkyl halides is 2. The van der Waals surface area contributed by atoms with Crippen LogP contribution in [0.25, 0.3) is 0 Å². The fourth-order valence-corrected chi connectivity index (χ4v) is 7.00. The lowest BCUT2D eigenvalue weighted by Gasteiger charge is -2.62. The summed E-state index contributed by atoms with van der Waals surface area (Å²) >= 11 is 0. The van der Waals surface area contributed by atoms with Crippen molar-refractivity contribution in [3.8, 4) is 0 Å². The van der Waals surface area contributed by atoms with Crippen molar-refractivity contribution in [1.29, 1.82) is 0 Å². The normalized spacial score (nSPS) is 55.2. The first-order valence-electron chi connectivity index (χ1n) is 9.76. The molecule has 0 aromatic rings. The number of carbonyl (C=O) groups excluding carboxylic acids is 1. The average Bonchev–Trinajstić information content (AvgIpc) is 2.81. The van der Waals surface area contributed by atoms with E-state index in [4.69, 9.17) is 0 Å². The summed E-state index contributed by atoms with van der Waals surface area (Å²) in [5, 5.41) is 31.8. The number of aliphatic hydroxyl groups is 2. The van der Waals surface area contributed by atoms with E-state index in [2.05, 4.69) is 0 Å². The Morgan fingerprint density at radius 3 is 2.50 bits per heavy atom. The number of hydrogen-bond donors (Lipinski definition) is 3. The van der Waals surface area contributed by atoms with E-state index >= 15 is 8.78 Å². The first-order valence-corrected chi connectivity index (χ1v) is 9.76. The molecule has 9 atom stereocenters. The number of fused-ring (bicyclic) bond motifs is 5. The highest BCUT2D eigenvalue weighted by molar-refractivity contribution is 6.01. The first kappa shape index (κ1) is 19.7. The van der Waals surface area contributed by atoms with Crippen LogP contribution in [0.4, 0.5) is 8.78 Å². The molecule has 0 spiro atoms. The Morgan fingerprint density at radius 2 is 1.89 bits per heavy atom. The van der Waals surface area contributed by atoms with E-state index in [0.29, 0.717) is 0 Å². The molecule has 0 radical (unpaired) electrons. The minimum atomic E-state index is -2.26. The van der Waals surface area contributed by atoms with E-state index in [-0.39, 0.29) is 24.8 Å². The number of carbonyl (C=O) groups is 2. The van der Waals surface area contributed by atoms with Gasteiger partial charge in [-0.15, -0.1) is 0 Å². The molecule has 0 aliphatic heterocycles. The first-order chi connectivity index (χ1) is 12.8. The third kappa shape index (κ3) is 1.92. The fraction of sp³-hybridized carbons (Fsp3) is 0.714. The van der Waals surface area contributed by atoms with Gasteiger partial charge in [0.1, 0.15) is 6.17 Å². The minimum Gasteiger partial charge on any atom is -0.479 e. The summed E-state index contributed by atoms with van der Waals surface area (Å²) in [5.74, 6) is -4.07. The quantitative estimate of drug-likeness (QED) is 0.633. The number of ketones is 1. The second kappa shape index (κ2) is 5.51. The topological polar surface area (TPSA) is 94.8 Å². The SMILES string of the molecule is C[C@H]1C[C@H]2[C@@H]3C[C@H](F)C4=CC(=O)C=C[C@]4(C)[C@@]3(F)[C@@H](O)C[C@]2(C)[C@]1(O)C(=O)O. The maximum absolute atomic E-state index is 16.8. The van der Waals surface area contributed by atoms with Gasteiger partial charge in [0, 0.05) is 16.7 Å². The van der Waals surface area contributed by atoms with E-state index in [1.807, 2.05) is 0 Å². The van der Waals surface area contributed by atoms with Crippen LogP contribution in [0.3, 0.4) is 0 Å². The van der Waals surface area contributed by atoms with Crippen molar-refractivity contribution < 1.29 is 33.7 Å². The zero-order valence-electron chi connectivity index (χ0n) is 16.2. The lowest BCUT2D eigenvalue weighted by Crippen LogP contribution is -2.70. The molecule has 5 nitrogen and oxygen atoms in total. The number of carboxylic acid groups (broad SMARTS) is 1. The van der Waals surface area contributed by atoms with E-state index in [1.165, 1.54) is 19.1 Å². The molecule has 3 N–H and O–H groups in total. The molecule has 0 bridgehead atoms. The van der Waals surface area contributed by atoms with Crippen molar-refractivity contribution >= 4 is 11.8 Å². The molecule has 154 valence electrons. The minimum absolute atomic E-state index is 0.0287. The molecule has 0 saturated heterocycles. The lowest BCUT2D eigenvalue weighted by molar-refractivity contribution is -0.229. The van der Waals surface area contributed by atoms with Gasteiger partial charge >= 0.3 is 5.97 Å². The predicted octanol–water partition coefficient (Wildman–Crippen LogP) is 2.37. The van der Waals surface area contributed by atoms with Crippen LogP contribution in [0.2, 0.25) is 0 Å². The van der Waals surface area contributed by atoms with Crippen molar-refractivity contribution in [2.45, 2.75) is 63.6 Å². The average molecular weight is 396 g/mol. The predicted molar refractivity (Wildman–Crippen MR) is 95.8 cm³/mol. The maximum Gasteiger partial charge on any atom is 0.336 e. The van der Waals surface area contributed by atoms with Gasteiger partial charge in [-0.25, -0.2) is 13.6 Å². The van der Waals surface area contributed by atoms with Crippen LogP contribution >= 0.6 is 0 Å². The van der Waals surface area contributed by atoms with Crippen molar-refractivity contribution in [3.63, 3.8) is 0 Å². The summed E-state index contributed by atoms with van der Waals surface area (Å²) in [6.07, 6.45) is 0.214. The third-order valence-corrected chi connectivity index (χ3v) is 8.54. The Labute approximate surface area is 162 Å². The van der Waals surface area contributed by atoms with Gasteiger partial charge in [0.15, 0.2) is 17.1 Å². The van der Waals surface area contributed by atoms with Crippen LogP contribution in [0, 0.1) is 28.6 Å². The van der Waals surface area contributed by atoms with Crippen LogP contribution in [-0.2, 0) is 9.59 Å². The van der Waals surface area contributed by atoms with Gasteiger partial charge in [-0.3, -0.25) is 4.79 Å². The largest absolute Gasteiger partial charge is 0.479 e. The second-order valence-corrected chi connectivity index (χ2v) is 9.57. The summed E-state index contributed by atoms with van der Waals surface area (Å²) in [7, 11) is 0. The highest BCUT2D eigenvalue weighted by atomic mass is 19.1. The fourth-order valence-electron chi connectivity index (χ4n) is 7.00. The number of hydrogen-bond acceptors (Lipinski definition) is 4. The Balaban J connectivity index is 1.88. The van der Waals surface area contributed by atoms with Crippen LogP contribution in [0.1, 0.15) is 40.0 Å². The Hall–Kier alpha value is -1.60. The van der Waals surface area contributed by atoms with E-state index in [9.17, 15) is 24.9 Å². The van der Waals surface area contributed by atoms with Gasteiger partial charge in [-0.05, 0) is 55.7 Å². The van der Waals surface area contributed by atoms with Crippen molar-refractivity contribution in [2.24, 2.45) is 28.6 Å². The summed E-state index contributed by atoms with van der Waals surface area (Å²) in [5.41, 5.74) is -7.14. The number of aliphatic hydroxyl groups excluding tert-OH is 1. The Bertz CT molecular complexity index is 824. The van der Waals surface area contributed by atoms with Crippen LogP contribution < -0.4 is 0 Å². The Morgan fingerprint density at radius 1 is 1.25 bits per heavy atom. The summed E-state index contributed by atoms with van der Waals surface area (Å²) in [6, 6.07) is 0. The summed E-state index contributed by atoms with van der Waals surface area (Å²) < 4.78 is 31.9. The smallest absolute Gasteiger partial charge is 0.336 e. The van der Waals surface area contributed by atoms with Crippen molar-refractivity contribution in [1.82, 2.24) is 0 Å². The molecule has 0 unspecified atom stereocenters. The van der Waals surface area contributed by atoms with Crippen molar-refractivity contribution in [3.05, 3.63) is 23.8 Å². The molecular formula is C21H26F2O5. The molecule has 7 heteroatoms. The standard InChI is InChI=1S/C21H26F2O5/c1-10-6-12-13-8-15(22)14-7-11(24)4-5-18(14,2)20(13,23)16(25)9-19(12,3)21(10,28)17(26)27/h4-5,7,10,12-13,15-16,25,28H,6,8-9H2,1-3H3,(H,26,27)/t10-,12-,13-,15-,16-,18-,19-,20-,21+/m0/s1. The zero-order valence-corrected chi connectivity index (χ0v) is 16.2. The van der Waals surface area contributed by atoms with Crippen LogP contribution in [-0.4, -0.2) is 50.6 Å². The molecule has 4 aliphatic carbocycles. The van der Waals surface area contributed by atoms with Gasteiger partial charge in [-0.1, -0.05) is 19.9 Å². The van der Waals surface area contributed by atoms with Gasteiger partial charge in [0.05, 0.1) is 6.10 Å². The van der Waals surface area contributed by atoms with Crippen LogP contribution in [0.5, 0.6) is 0 Å². The third-order valence-electron chi connectivity index (χ3n) is 8.54. The molecule has 28 heavy (non-hydrogen) atoms. The van der Waals surface area contributed by atoms with Gasteiger partial charge in [-0.2, -0.15) is 0 Å². The number of halogens is 2. The Kier molecular flexibility index (Phi) is 3.88. The summed E-state index contributed by atoms with van der Waals surface area (Å²) in [4.78, 5) is 23.7. The molecule has 3 saturated carbocycles. The molecule has 0 amide bonds. The molecule has 4 aliphatic rings. The van der Waals surface area contributed by atoms with E-state index < -0.39 is 63.9 Å². The molecule has 0 heterocycles. The highest BCUT2D eigenvalue weighted by Gasteiger charge is 2.76. The second-order valence-electron chi connectivity index (χ2n) is 9.57. The van der Waals surface area contributed by atoms with E-state index in [0.717, 1.165) is 6.08 Å². The highest BCUT2D eigenvalue weighted by Crippen LogP contribution is 2.70. The lowest BCUT2D eigenvalue weighted by atomic mass is 9.44. The van der Waals surface area contributed by atoms with Crippen LogP contribution in [0.15, 0.2) is 23.8 Å². The molecule has 3 fully saturated rings. The van der Waals surface area contributed by atoms with Gasteiger partial charge in [0.25, 0.3) is 0 Å². The molecule has 4 rings (SSSR count). The molecule has 0 aromatic heterocycles. The monoisotopic (exact) mass is 396 g/mol. The van der Waals surface area contributed by atoms with Crippen molar-refractivity contribution in [2.75, 3.05) is 0 Å². The van der Waals surface area contributed by atoms with Gasteiger partial charge < -0.3 is 15.3 Å². The number of aliphatic carboxylic acids is 1. The molecule has 0 aromatic carbocycles. The van der Waals surface area contributed by atoms with E-state index in [1.54, 1.807) is 13.8 Å². The number of allylic oxidation sites excluding steroid dienone is 4. The molecular weight excluding hydrogens is 370 g/mol. The number of rotatable bonds is 1. The zero-order chi connectivity index (χ0) is 20.9. The van der Waals surface area contributed by atoms with Gasteiger partial charge in [0.2, 0.25) is 0 Å².